The maximum atomic E-state index is 9.34. The Hall–Kier alpha value is -1.06. The molecule has 20 heavy (non-hydrogen) atoms. The fourth-order valence-corrected chi connectivity index (χ4v) is 3.92. The lowest BCUT2D eigenvalue weighted by molar-refractivity contribution is 0.131. The number of rotatable bonds is 4. The van der Waals surface area contributed by atoms with Crippen LogP contribution < -0.4 is 5.32 Å². The number of nitrogens with zero attached hydrogens (tertiary/aromatic N) is 1. The van der Waals surface area contributed by atoms with E-state index < -0.39 is 0 Å². The third-order valence-corrected chi connectivity index (χ3v) is 5.30. The summed E-state index contributed by atoms with van der Waals surface area (Å²) in [7, 11) is 2.30. The summed E-state index contributed by atoms with van der Waals surface area (Å²) in [6.45, 7) is 3.32. The second-order valence-corrected chi connectivity index (χ2v) is 6.61. The van der Waals surface area contributed by atoms with Crippen molar-refractivity contribution in [3.8, 4) is 5.75 Å². The predicted molar refractivity (Wildman–Crippen MR) is 81.8 cm³/mol. The molecule has 2 saturated heterocycles. The van der Waals surface area contributed by atoms with Crippen LogP contribution in [0.1, 0.15) is 44.2 Å². The van der Waals surface area contributed by atoms with Crippen LogP contribution in [0.2, 0.25) is 0 Å². The lowest BCUT2D eigenvalue weighted by atomic mass is 9.90. The molecule has 0 amide bonds. The third kappa shape index (κ3) is 2.84. The monoisotopic (exact) mass is 274 g/mol. The summed E-state index contributed by atoms with van der Waals surface area (Å²) in [4.78, 5) is 2.60. The number of phenols is 1. The molecule has 2 fully saturated rings. The molecule has 3 atom stereocenters. The van der Waals surface area contributed by atoms with Gasteiger partial charge in [-0.05, 0) is 69.8 Å². The van der Waals surface area contributed by atoms with Crippen LogP contribution in [0.15, 0.2) is 24.3 Å². The van der Waals surface area contributed by atoms with Gasteiger partial charge in [-0.1, -0.05) is 12.1 Å². The molecule has 2 N–H and O–H groups in total. The van der Waals surface area contributed by atoms with E-state index in [9.17, 15) is 5.11 Å². The fraction of sp³-hybridized carbons (Fsp3) is 0.647. The van der Waals surface area contributed by atoms with E-state index in [0.717, 1.165) is 24.5 Å². The molecular weight excluding hydrogens is 248 g/mol. The van der Waals surface area contributed by atoms with Crippen molar-refractivity contribution < 1.29 is 5.11 Å². The summed E-state index contributed by atoms with van der Waals surface area (Å²) in [5.41, 5.74) is 1.25. The number of piperidine rings is 1. The number of phenolic OH excluding ortho intramolecular Hbond substituents is 1. The smallest absolute Gasteiger partial charge is 0.115 e. The first-order chi connectivity index (χ1) is 9.63. The summed E-state index contributed by atoms with van der Waals surface area (Å²) >= 11 is 0. The quantitative estimate of drug-likeness (QED) is 0.886. The Bertz CT molecular complexity index is 431. The van der Waals surface area contributed by atoms with Gasteiger partial charge in [0.2, 0.25) is 0 Å². The van der Waals surface area contributed by atoms with Crippen LogP contribution in [0.3, 0.4) is 0 Å². The maximum Gasteiger partial charge on any atom is 0.115 e. The molecule has 3 heteroatoms. The first-order valence-corrected chi connectivity index (χ1v) is 7.87. The van der Waals surface area contributed by atoms with E-state index >= 15 is 0 Å². The fourth-order valence-electron chi connectivity index (χ4n) is 3.92. The molecule has 0 spiro atoms. The molecule has 0 radical (unpaired) electrons. The third-order valence-electron chi connectivity index (χ3n) is 5.30. The summed E-state index contributed by atoms with van der Waals surface area (Å²) in [5.74, 6) is 1.16. The van der Waals surface area contributed by atoms with Crippen LogP contribution in [0.5, 0.6) is 5.75 Å². The highest BCUT2D eigenvalue weighted by Crippen LogP contribution is 2.37. The molecule has 0 aromatic heterocycles. The molecule has 1 aromatic rings. The number of benzene rings is 1. The molecule has 2 aliphatic heterocycles. The van der Waals surface area contributed by atoms with Gasteiger partial charge in [0, 0.05) is 18.1 Å². The van der Waals surface area contributed by atoms with E-state index in [-0.39, 0.29) is 0 Å². The highest BCUT2D eigenvalue weighted by atomic mass is 16.3. The zero-order chi connectivity index (χ0) is 14.1. The predicted octanol–water partition coefficient (Wildman–Crippen LogP) is 2.92. The van der Waals surface area contributed by atoms with Crippen LogP contribution >= 0.6 is 0 Å². The Labute approximate surface area is 122 Å². The van der Waals surface area contributed by atoms with Crippen molar-refractivity contribution >= 4 is 0 Å². The van der Waals surface area contributed by atoms with Gasteiger partial charge >= 0.3 is 0 Å². The minimum atomic E-state index is 0.341. The van der Waals surface area contributed by atoms with E-state index in [1.54, 1.807) is 12.1 Å². The Morgan fingerprint density at radius 1 is 1.20 bits per heavy atom. The molecular formula is C17H26N2O. The second kappa shape index (κ2) is 5.74. The summed E-state index contributed by atoms with van der Waals surface area (Å²) < 4.78 is 0. The number of aromatic hydroxyl groups is 1. The highest BCUT2D eigenvalue weighted by Gasteiger charge is 2.38. The van der Waals surface area contributed by atoms with Crippen LogP contribution in [0.25, 0.3) is 0 Å². The molecule has 2 bridgehead atoms. The van der Waals surface area contributed by atoms with Crippen LogP contribution in [0, 0.1) is 5.92 Å². The summed E-state index contributed by atoms with van der Waals surface area (Å²) in [6.07, 6.45) is 5.49. The SMILES string of the molecule is CC(NCC1CC2CCC(C1)N2C)c1ccc(O)cc1. The number of hydrogen-bond acceptors (Lipinski definition) is 3. The molecule has 1 aromatic carbocycles. The Kier molecular flexibility index (Phi) is 3.99. The van der Waals surface area contributed by atoms with Crippen molar-refractivity contribution in [3.05, 3.63) is 29.8 Å². The zero-order valence-corrected chi connectivity index (χ0v) is 12.5. The van der Waals surface area contributed by atoms with Crippen molar-refractivity contribution in [2.24, 2.45) is 5.92 Å². The first kappa shape index (κ1) is 13.9. The van der Waals surface area contributed by atoms with Gasteiger partial charge in [0.05, 0.1) is 0 Å². The summed E-state index contributed by atoms with van der Waals surface area (Å²) in [6, 6.07) is 9.55. The number of hydrogen-bond donors (Lipinski definition) is 2. The topological polar surface area (TPSA) is 35.5 Å². The van der Waals surface area contributed by atoms with E-state index in [1.807, 2.05) is 12.1 Å². The molecule has 2 aliphatic rings. The minimum absolute atomic E-state index is 0.341. The highest BCUT2D eigenvalue weighted by molar-refractivity contribution is 5.27. The van der Waals surface area contributed by atoms with Crippen molar-refractivity contribution in [1.29, 1.82) is 0 Å². The Balaban J connectivity index is 1.51. The molecule has 2 heterocycles. The number of nitrogens with one attached hydrogen (secondary N) is 1. The standard InChI is InChI=1S/C17H26N2O/c1-12(14-3-7-17(20)8-4-14)18-11-13-9-15-5-6-16(10-13)19(15)2/h3-4,7-8,12-13,15-16,18,20H,5-6,9-11H2,1-2H3. The van der Waals surface area contributed by atoms with E-state index in [0.29, 0.717) is 11.8 Å². The van der Waals surface area contributed by atoms with Gasteiger partial charge in [-0.2, -0.15) is 0 Å². The zero-order valence-electron chi connectivity index (χ0n) is 12.5. The lowest BCUT2D eigenvalue weighted by Gasteiger charge is -2.36. The lowest BCUT2D eigenvalue weighted by Crippen LogP contribution is -2.42. The molecule has 3 rings (SSSR count). The van der Waals surface area contributed by atoms with Crippen molar-refractivity contribution in [3.63, 3.8) is 0 Å². The van der Waals surface area contributed by atoms with E-state index in [2.05, 4.69) is 24.2 Å². The molecule has 110 valence electrons. The molecule has 3 unspecified atom stereocenters. The average Bonchev–Trinajstić information content (AvgIpc) is 2.66. The van der Waals surface area contributed by atoms with Gasteiger partial charge in [-0.25, -0.2) is 0 Å². The van der Waals surface area contributed by atoms with Crippen LogP contribution in [0.4, 0.5) is 0 Å². The first-order valence-electron chi connectivity index (χ1n) is 7.87. The Morgan fingerprint density at radius 2 is 1.80 bits per heavy atom. The average molecular weight is 274 g/mol. The maximum absolute atomic E-state index is 9.34. The van der Waals surface area contributed by atoms with Gasteiger partial charge in [-0.3, -0.25) is 0 Å². The van der Waals surface area contributed by atoms with Crippen LogP contribution in [-0.2, 0) is 0 Å². The number of fused-ring (bicyclic) bond motifs is 2. The van der Waals surface area contributed by atoms with Crippen molar-refractivity contribution in [2.75, 3.05) is 13.6 Å². The van der Waals surface area contributed by atoms with Crippen molar-refractivity contribution in [1.82, 2.24) is 10.2 Å². The van der Waals surface area contributed by atoms with E-state index in [1.165, 1.54) is 31.2 Å². The van der Waals surface area contributed by atoms with E-state index in [4.69, 9.17) is 0 Å². The van der Waals surface area contributed by atoms with Crippen LogP contribution in [-0.4, -0.2) is 35.7 Å². The van der Waals surface area contributed by atoms with Gasteiger partial charge in [0.1, 0.15) is 5.75 Å². The minimum Gasteiger partial charge on any atom is -0.508 e. The molecule has 0 saturated carbocycles. The summed E-state index contributed by atoms with van der Waals surface area (Å²) in [5, 5.41) is 13.0. The molecule has 3 nitrogen and oxygen atoms in total. The van der Waals surface area contributed by atoms with Gasteiger partial charge in [-0.15, -0.1) is 0 Å². The van der Waals surface area contributed by atoms with Gasteiger partial charge in [0.25, 0.3) is 0 Å². The Morgan fingerprint density at radius 3 is 2.40 bits per heavy atom. The second-order valence-electron chi connectivity index (χ2n) is 6.61. The molecule has 0 aliphatic carbocycles. The van der Waals surface area contributed by atoms with Gasteiger partial charge in [0.15, 0.2) is 0 Å². The van der Waals surface area contributed by atoms with Gasteiger partial charge < -0.3 is 15.3 Å². The van der Waals surface area contributed by atoms with Crippen molar-refractivity contribution in [2.45, 2.75) is 50.7 Å². The largest absolute Gasteiger partial charge is 0.508 e. The normalized spacial score (nSPS) is 31.4.